The van der Waals surface area contributed by atoms with Crippen LogP contribution in [-0.4, -0.2) is 39.1 Å². The number of aromatic nitrogens is 3. The molecule has 160 valence electrons. The zero-order chi connectivity index (χ0) is 21.8. The lowest BCUT2D eigenvalue weighted by atomic mass is 9.84. The van der Waals surface area contributed by atoms with Gasteiger partial charge in [0.2, 0.25) is 17.8 Å². The lowest BCUT2D eigenvalue weighted by Gasteiger charge is -2.38. The molecule has 8 nitrogen and oxygen atoms in total. The minimum absolute atomic E-state index is 0.132. The van der Waals surface area contributed by atoms with Gasteiger partial charge in [-0.3, -0.25) is 4.79 Å². The molecule has 31 heavy (non-hydrogen) atoms. The Balaban J connectivity index is 1.43. The van der Waals surface area contributed by atoms with Crippen LogP contribution in [0.15, 0.2) is 59.3 Å². The smallest absolute Gasteiger partial charge is 0.231 e. The molecular weight excluding hydrogens is 460 g/mol. The van der Waals surface area contributed by atoms with Gasteiger partial charge in [0, 0.05) is 35.9 Å². The molecule has 1 aliphatic heterocycles. The fourth-order valence-electron chi connectivity index (χ4n) is 3.63. The maximum Gasteiger partial charge on any atom is 0.231 e. The minimum Gasteiger partial charge on any atom is -0.385 e. The fraction of sp³-hybridized carbons (Fsp3) is 0.273. The van der Waals surface area contributed by atoms with E-state index in [0.717, 1.165) is 15.7 Å². The van der Waals surface area contributed by atoms with Crippen molar-refractivity contribution in [1.82, 2.24) is 15.0 Å². The molecule has 2 heterocycles. The van der Waals surface area contributed by atoms with E-state index in [1.807, 2.05) is 53.4 Å². The Morgan fingerprint density at radius 1 is 1.10 bits per heavy atom. The highest BCUT2D eigenvalue weighted by atomic mass is 79.9. The van der Waals surface area contributed by atoms with Gasteiger partial charge in [0.1, 0.15) is 6.33 Å². The van der Waals surface area contributed by atoms with Crippen molar-refractivity contribution >= 4 is 45.1 Å². The molecule has 0 atom stereocenters. The Bertz CT molecular complexity index is 1070. The van der Waals surface area contributed by atoms with Gasteiger partial charge in [0.05, 0.1) is 5.60 Å². The van der Waals surface area contributed by atoms with Crippen LogP contribution in [0, 0.1) is 0 Å². The van der Waals surface area contributed by atoms with Crippen LogP contribution in [0.1, 0.15) is 25.3 Å². The van der Waals surface area contributed by atoms with Gasteiger partial charge in [-0.1, -0.05) is 34.1 Å². The Labute approximate surface area is 188 Å². The van der Waals surface area contributed by atoms with Crippen molar-refractivity contribution < 1.29 is 9.90 Å². The molecule has 0 saturated carbocycles. The molecule has 1 saturated heterocycles. The molecule has 3 aromatic rings. The third kappa shape index (κ3) is 5.18. The number of amides is 1. The first-order valence-corrected chi connectivity index (χ1v) is 10.8. The van der Waals surface area contributed by atoms with E-state index in [-0.39, 0.29) is 5.91 Å². The Morgan fingerprint density at radius 2 is 1.81 bits per heavy atom. The van der Waals surface area contributed by atoms with Gasteiger partial charge in [-0.05, 0) is 48.7 Å². The quantitative estimate of drug-likeness (QED) is 0.507. The van der Waals surface area contributed by atoms with Crippen molar-refractivity contribution in [3.8, 4) is 0 Å². The third-order valence-electron chi connectivity index (χ3n) is 5.25. The molecule has 0 aliphatic carbocycles. The zero-order valence-electron chi connectivity index (χ0n) is 17.0. The standard InChI is InChI=1S/C22H23BrN6O2/c1-15(30)26-18-3-2-4-19(13-18)27-20-24-14-25-21(28-20)29-11-9-22(31,10-12-29)16-5-7-17(23)8-6-16/h2-8,13-14,31H,9-12H2,1H3,(H,26,30)(H,24,25,27,28). The van der Waals surface area contributed by atoms with E-state index < -0.39 is 5.60 Å². The molecule has 1 fully saturated rings. The lowest BCUT2D eigenvalue weighted by Crippen LogP contribution is -2.43. The van der Waals surface area contributed by atoms with E-state index in [0.29, 0.717) is 43.5 Å². The van der Waals surface area contributed by atoms with E-state index in [1.54, 1.807) is 0 Å². The lowest BCUT2D eigenvalue weighted by molar-refractivity contribution is -0.114. The largest absolute Gasteiger partial charge is 0.385 e. The average molecular weight is 483 g/mol. The summed E-state index contributed by atoms with van der Waals surface area (Å²) >= 11 is 3.44. The van der Waals surface area contributed by atoms with Gasteiger partial charge in [-0.2, -0.15) is 4.98 Å². The number of halogens is 1. The van der Waals surface area contributed by atoms with Crippen molar-refractivity contribution in [3.05, 3.63) is 64.9 Å². The first-order valence-electron chi connectivity index (χ1n) is 9.98. The molecule has 0 bridgehead atoms. The number of carbonyl (C=O) groups excluding carboxylic acids is 1. The van der Waals surface area contributed by atoms with E-state index in [9.17, 15) is 9.90 Å². The highest BCUT2D eigenvalue weighted by Gasteiger charge is 2.34. The van der Waals surface area contributed by atoms with Gasteiger partial charge < -0.3 is 20.6 Å². The van der Waals surface area contributed by atoms with Crippen molar-refractivity contribution in [3.63, 3.8) is 0 Å². The van der Waals surface area contributed by atoms with Crippen molar-refractivity contribution in [2.75, 3.05) is 28.6 Å². The third-order valence-corrected chi connectivity index (χ3v) is 5.78. The van der Waals surface area contributed by atoms with Gasteiger partial charge >= 0.3 is 0 Å². The zero-order valence-corrected chi connectivity index (χ0v) is 18.6. The average Bonchev–Trinajstić information content (AvgIpc) is 2.75. The molecule has 0 radical (unpaired) electrons. The summed E-state index contributed by atoms with van der Waals surface area (Å²) in [5.74, 6) is 0.847. The van der Waals surface area contributed by atoms with Crippen LogP contribution in [0.2, 0.25) is 0 Å². The topological polar surface area (TPSA) is 103 Å². The number of anilines is 4. The SMILES string of the molecule is CC(=O)Nc1cccc(Nc2ncnc(N3CCC(O)(c4ccc(Br)cc4)CC3)n2)c1. The number of carbonyl (C=O) groups is 1. The molecule has 9 heteroatoms. The van der Waals surface area contributed by atoms with Crippen LogP contribution in [0.3, 0.4) is 0 Å². The maximum absolute atomic E-state index is 11.3. The molecule has 1 aliphatic rings. The van der Waals surface area contributed by atoms with Crippen LogP contribution in [-0.2, 0) is 10.4 Å². The van der Waals surface area contributed by atoms with E-state index in [2.05, 4.69) is 41.5 Å². The van der Waals surface area contributed by atoms with Gasteiger partial charge in [-0.25, -0.2) is 9.97 Å². The monoisotopic (exact) mass is 482 g/mol. The first-order chi connectivity index (χ1) is 14.9. The number of hydrogen-bond acceptors (Lipinski definition) is 7. The first kappa shape index (κ1) is 21.2. The fourth-order valence-corrected chi connectivity index (χ4v) is 3.90. The molecule has 0 spiro atoms. The number of nitrogens with one attached hydrogen (secondary N) is 2. The van der Waals surface area contributed by atoms with E-state index in [4.69, 9.17) is 0 Å². The van der Waals surface area contributed by atoms with Crippen LogP contribution >= 0.6 is 15.9 Å². The summed E-state index contributed by atoms with van der Waals surface area (Å²) < 4.78 is 0.991. The van der Waals surface area contributed by atoms with Crippen LogP contribution in [0.4, 0.5) is 23.3 Å². The summed E-state index contributed by atoms with van der Waals surface area (Å²) in [6, 6.07) is 15.1. The Hall–Kier alpha value is -3.04. The van der Waals surface area contributed by atoms with Gasteiger partial charge in [0.15, 0.2) is 0 Å². The highest BCUT2D eigenvalue weighted by Crippen LogP contribution is 2.34. The molecule has 2 aromatic carbocycles. The second kappa shape index (κ2) is 8.99. The van der Waals surface area contributed by atoms with Crippen LogP contribution in [0.25, 0.3) is 0 Å². The minimum atomic E-state index is -0.852. The maximum atomic E-state index is 11.3. The number of hydrogen-bond donors (Lipinski definition) is 3. The summed E-state index contributed by atoms with van der Waals surface area (Å²) in [4.78, 5) is 26.4. The van der Waals surface area contributed by atoms with Gasteiger partial charge in [-0.15, -0.1) is 0 Å². The number of rotatable bonds is 5. The van der Waals surface area contributed by atoms with E-state index >= 15 is 0 Å². The van der Waals surface area contributed by atoms with E-state index in [1.165, 1.54) is 13.3 Å². The number of benzene rings is 2. The van der Waals surface area contributed by atoms with Crippen LogP contribution < -0.4 is 15.5 Å². The molecule has 0 unspecified atom stereocenters. The van der Waals surface area contributed by atoms with Crippen molar-refractivity contribution in [2.24, 2.45) is 0 Å². The Morgan fingerprint density at radius 3 is 2.52 bits per heavy atom. The normalized spacial score (nSPS) is 15.4. The van der Waals surface area contributed by atoms with Gasteiger partial charge in [0.25, 0.3) is 0 Å². The second-order valence-corrected chi connectivity index (χ2v) is 8.44. The summed E-state index contributed by atoms with van der Waals surface area (Å²) in [6.07, 6.45) is 2.64. The summed E-state index contributed by atoms with van der Waals surface area (Å²) in [7, 11) is 0. The molecule has 1 aromatic heterocycles. The second-order valence-electron chi connectivity index (χ2n) is 7.52. The van der Waals surface area contributed by atoms with Crippen molar-refractivity contribution in [1.29, 1.82) is 0 Å². The Kier molecular flexibility index (Phi) is 6.15. The number of piperidine rings is 1. The predicted molar refractivity (Wildman–Crippen MR) is 123 cm³/mol. The molecule has 4 rings (SSSR count). The predicted octanol–water partition coefficient (Wildman–Crippen LogP) is 3.82. The van der Waals surface area contributed by atoms with Crippen molar-refractivity contribution in [2.45, 2.75) is 25.4 Å². The molecule has 3 N–H and O–H groups in total. The highest BCUT2D eigenvalue weighted by molar-refractivity contribution is 9.10. The summed E-state index contributed by atoms with van der Waals surface area (Å²) in [6.45, 7) is 2.73. The number of nitrogens with zero attached hydrogens (tertiary/aromatic N) is 4. The molecular formula is C22H23BrN6O2. The van der Waals surface area contributed by atoms with Crippen LogP contribution in [0.5, 0.6) is 0 Å². The number of aliphatic hydroxyl groups is 1. The molecule has 1 amide bonds. The summed E-state index contributed by atoms with van der Waals surface area (Å²) in [5.41, 5.74) is 1.52. The summed E-state index contributed by atoms with van der Waals surface area (Å²) in [5, 5.41) is 17.0.